The van der Waals surface area contributed by atoms with E-state index in [0.29, 0.717) is 49.2 Å². The Bertz CT molecular complexity index is 849. The molecule has 2 aliphatic heterocycles. The number of carbonyl (C=O) groups excluding carboxylic acids is 1. The van der Waals surface area contributed by atoms with Crippen LogP contribution in [0.1, 0.15) is 11.1 Å². The summed E-state index contributed by atoms with van der Waals surface area (Å²) in [7, 11) is 1.68. The molecule has 0 N–H and O–H groups in total. The lowest BCUT2D eigenvalue weighted by Crippen LogP contribution is -2.37. The van der Waals surface area contributed by atoms with E-state index in [1.165, 1.54) is 0 Å². The lowest BCUT2D eigenvalue weighted by molar-refractivity contribution is -0.132. The van der Waals surface area contributed by atoms with E-state index in [9.17, 15) is 4.79 Å². The summed E-state index contributed by atoms with van der Waals surface area (Å²) in [6.07, 6.45) is 3.42. The van der Waals surface area contributed by atoms with Crippen molar-refractivity contribution in [2.75, 3.05) is 33.5 Å². The molecule has 1 fully saturated rings. The van der Waals surface area contributed by atoms with Gasteiger partial charge in [0, 0.05) is 56.8 Å². The highest BCUT2D eigenvalue weighted by Crippen LogP contribution is 2.37. The van der Waals surface area contributed by atoms with Crippen LogP contribution in [0.15, 0.2) is 36.7 Å². The number of fused-ring (bicyclic) bond motifs is 1. The lowest BCUT2D eigenvalue weighted by Gasteiger charge is -2.23. The third kappa shape index (κ3) is 4.22. The number of amides is 1. The largest absolute Gasteiger partial charge is 0.454 e. The lowest BCUT2D eigenvalue weighted by atomic mass is 10.1. The van der Waals surface area contributed by atoms with Gasteiger partial charge < -0.3 is 19.1 Å². The summed E-state index contributed by atoms with van der Waals surface area (Å²) in [5.74, 6) is 1.39. The smallest absolute Gasteiger partial charge is 0.237 e. The Hall–Kier alpha value is -2.35. The minimum absolute atomic E-state index is 0.0558. The van der Waals surface area contributed by atoms with Crippen LogP contribution in [0.5, 0.6) is 11.5 Å². The normalized spacial score (nSPS) is 19.7. The van der Waals surface area contributed by atoms with Crippen LogP contribution in [0.3, 0.4) is 0 Å². The van der Waals surface area contributed by atoms with Gasteiger partial charge in [0.2, 0.25) is 12.7 Å². The standard InChI is InChI=1S/C20H22ClN3O4/c1-26-16-10-23(9-15-5-18-19(6-17(15)21)28-13-27-18)12-20(25)24(11-16)8-14-3-2-4-22-7-14/h2-7,16H,8-13H2,1H3/t16-/m0/s1. The van der Waals surface area contributed by atoms with E-state index in [2.05, 4.69) is 9.88 Å². The molecule has 1 aromatic heterocycles. The van der Waals surface area contributed by atoms with Gasteiger partial charge in [0.25, 0.3) is 0 Å². The second-order valence-electron chi connectivity index (χ2n) is 6.96. The number of methoxy groups -OCH3 is 1. The van der Waals surface area contributed by atoms with E-state index in [0.717, 1.165) is 11.1 Å². The van der Waals surface area contributed by atoms with Crippen molar-refractivity contribution in [2.45, 2.75) is 19.2 Å². The Labute approximate surface area is 168 Å². The molecule has 3 heterocycles. The minimum Gasteiger partial charge on any atom is -0.454 e. The van der Waals surface area contributed by atoms with Crippen molar-refractivity contribution in [3.8, 4) is 11.5 Å². The highest BCUT2D eigenvalue weighted by Gasteiger charge is 2.29. The van der Waals surface area contributed by atoms with Crippen molar-refractivity contribution in [1.82, 2.24) is 14.8 Å². The second-order valence-corrected chi connectivity index (χ2v) is 7.37. The topological polar surface area (TPSA) is 64.1 Å². The number of hydrogen-bond acceptors (Lipinski definition) is 6. The minimum atomic E-state index is -0.0871. The maximum absolute atomic E-state index is 12.9. The second kappa shape index (κ2) is 8.34. The summed E-state index contributed by atoms with van der Waals surface area (Å²) < 4.78 is 16.4. The van der Waals surface area contributed by atoms with Crippen molar-refractivity contribution in [3.63, 3.8) is 0 Å². The zero-order valence-electron chi connectivity index (χ0n) is 15.6. The van der Waals surface area contributed by atoms with Crippen molar-refractivity contribution < 1.29 is 19.0 Å². The first-order chi connectivity index (χ1) is 13.6. The molecule has 148 valence electrons. The van der Waals surface area contributed by atoms with Gasteiger partial charge in [-0.2, -0.15) is 0 Å². The summed E-state index contributed by atoms with van der Waals surface area (Å²) in [5, 5.41) is 0.599. The molecular formula is C20H22ClN3O4. The van der Waals surface area contributed by atoms with Gasteiger partial charge in [0.05, 0.1) is 12.6 Å². The molecule has 1 aromatic carbocycles. The quantitative estimate of drug-likeness (QED) is 0.763. The van der Waals surface area contributed by atoms with E-state index in [4.69, 9.17) is 25.8 Å². The summed E-state index contributed by atoms with van der Waals surface area (Å²) in [5.41, 5.74) is 1.90. The Morgan fingerprint density at radius 1 is 1.25 bits per heavy atom. The van der Waals surface area contributed by atoms with E-state index < -0.39 is 0 Å². The molecule has 4 rings (SSSR count). The Balaban J connectivity index is 1.49. The molecule has 2 aromatic rings. The highest BCUT2D eigenvalue weighted by atomic mass is 35.5. The summed E-state index contributed by atoms with van der Waals surface area (Å²) in [6, 6.07) is 7.49. The van der Waals surface area contributed by atoms with Crippen LogP contribution in [0.2, 0.25) is 5.02 Å². The van der Waals surface area contributed by atoms with E-state index in [1.54, 1.807) is 25.6 Å². The van der Waals surface area contributed by atoms with Crippen LogP contribution in [-0.2, 0) is 22.6 Å². The zero-order valence-corrected chi connectivity index (χ0v) is 16.4. The average molecular weight is 404 g/mol. The fourth-order valence-corrected chi connectivity index (χ4v) is 3.72. The van der Waals surface area contributed by atoms with Gasteiger partial charge >= 0.3 is 0 Å². The first-order valence-electron chi connectivity index (χ1n) is 9.12. The van der Waals surface area contributed by atoms with Gasteiger partial charge in [-0.3, -0.25) is 14.7 Å². The van der Waals surface area contributed by atoms with Gasteiger partial charge in [-0.05, 0) is 23.3 Å². The number of ether oxygens (including phenoxy) is 3. The summed E-state index contributed by atoms with van der Waals surface area (Å²) in [4.78, 5) is 20.9. The molecule has 2 aliphatic rings. The fourth-order valence-electron chi connectivity index (χ4n) is 3.50. The van der Waals surface area contributed by atoms with Gasteiger partial charge in [-0.1, -0.05) is 17.7 Å². The molecule has 0 saturated carbocycles. The van der Waals surface area contributed by atoms with Crippen molar-refractivity contribution in [3.05, 3.63) is 52.8 Å². The van der Waals surface area contributed by atoms with Crippen LogP contribution in [0.4, 0.5) is 0 Å². The number of halogens is 1. The number of nitrogens with zero attached hydrogens (tertiary/aromatic N) is 3. The summed E-state index contributed by atoms with van der Waals surface area (Å²) in [6.45, 7) is 2.72. The molecule has 0 radical (unpaired) electrons. The predicted molar refractivity (Wildman–Crippen MR) is 103 cm³/mol. The van der Waals surface area contributed by atoms with Gasteiger partial charge in [-0.15, -0.1) is 0 Å². The molecule has 7 nitrogen and oxygen atoms in total. The van der Waals surface area contributed by atoms with Crippen molar-refractivity contribution >= 4 is 17.5 Å². The number of benzene rings is 1. The summed E-state index contributed by atoms with van der Waals surface area (Å²) >= 11 is 6.41. The number of hydrogen-bond donors (Lipinski definition) is 0. The molecule has 1 amide bonds. The number of carbonyl (C=O) groups is 1. The van der Waals surface area contributed by atoms with Crippen LogP contribution in [0.25, 0.3) is 0 Å². The molecule has 0 aliphatic carbocycles. The monoisotopic (exact) mass is 403 g/mol. The van der Waals surface area contributed by atoms with Gasteiger partial charge in [0.15, 0.2) is 11.5 Å². The number of aromatic nitrogens is 1. The van der Waals surface area contributed by atoms with E-state index >= 15 is 0 Å². The predicted octanol–water partition coefficient (Wildman–Crippen LogP) is 2.32. The zero-order chi connectivity index (χ0) is 19.5. The number of pyridine rings is 1. The molecule has 8 heteroatoms. The molecule has 28 heavy (non-hydrogen) atoms. The highest BCUT2D eigenvalue weighted by molar-refractivity contribution is 6.31. The molecule has 0 spiro atoms. The first-order valence-corrected chi connectivity index (χ1v) is 9.50. The van der Waals surface area contributed by atoms with Gasteiger partial charge in [0.1, 0.15) is 0 Å². The van der Waals surface area contributed by atoms with Gasteiger partial charge in [-0.25, -0.2) is 0 Å². The van der Waals surface area contributed by atoms with Crippen LogP contribution < -0.4 is 9.47 Å². The molecular weight excluding hydrogens is 382 g/mol. The molecule has 0 unspecified atom stereocenters. The Kier molecular flexibility index (Phi) is 5.66. The fraction of sp³-hybridized carbons (Fsp3) is 0.400. The SMILES string of the molecule is CO[C@H]1CN(Cc2cc3c(cc2Cl)OCO3)CC(=O)N(Cc2cccnc2)C1. The third-order valence-electron chi connectivity index (χ3n) is 4.96. The maximum atomic E-state index is 12.9. The third-order valence-corrected chi connectivity index (χ3v) is 5.31. The van der Waals surface area contributed by atoms with E-state index in [1.807, 2.05) is 23.1 Å². The van der Waals surface area contributed by atoms with Crippen LogP contribution in [0, 0.1) is 0 Å². The molecule has 1 atom stereocenters. The van der Waals surface area contributed by atoms with Crippen LogP contribution >= 0.6 is 11.6 Å². The number of rotatable bonds is 5. The van der Waals surface area contributed by atoms with Crippen molar-refractivity contribution in [2.24, 2.45) is 0 Å². The molecule has 1 saturated heterocycles. The van der Waals surface area contributed by atoms with Crippen molar-refractivity contribution in [1.29, 1.82) is 0 Å². The van der Waals surface area contributed by atoms with Crippen LogP contribution in [-0.4, -0.2) is 60.3 Å². The maximum Gasteiger partial charge on any atom is 0.237 e. The Morgan fingerprint density at radius 3 is 2.82 bits per heavy atom. The first kappa shape index (κ1) is 19.0. The Morgan fingerprint density at radius 2 is 2.07 bits per heavy atom. The molecule has 0 bridgehead atoms. The van der Waals surface area contributed by atoms with E-state index in [-0.39, 0.29) is 18.8 Å². The average Bonchev–Trinajstić information content (AvgIpc) is 3.08.